The van der Waals surface area contributed by atoms with Crippen molar-refractivity contribution in [3.05, 3.63) is 0 Å². The zero-order valence-electron chi connectivity index (χ0n) is 8.40. The number of imide groups is 2. The first-order chi connectivity index (χ1) is 6.43. The summed E-state index contributed by atoms with van der Waals surface area (Å²) < 4.78 is 0. The van der Waals surface area contributed by atoms with Gasteiger partial charge in [0, 0.05) is 13.1 Å². The highest BCUT2D eigenvalue weighted by Crippen LogP contribution is 2.07. The van der Waals surface area contributed by atoms with Gasteiger partial charge < -0.3 is 5.32 Å². The molecule has 1 heterocycles. The van der Waals surface area contributed by atoms with Crippen LogP contribution in [0.3, 0.4) is 0 Å². The molecule has 5 amide bonds. The summed E-state index contributed by atoms with van der Waals surface area (Å²) in [5.74, 6) is -0.367. The van der Waals surface area contributed by atoms with Crippen molar-refractivity contribution < 1.29 is 14.4 Å². The van der Waals surface area contributed by atoms with Crippen molar-refractivity contribution in [2.75, 3.05) is 13.6 Å². The first-order valence-electron chi connectivity index (χ1n) is 4.32. The number of hydrogen-bond donors (Lipinski definition) is 1. The van der Waals surface area contributed by atoms with Crippen LogP contribution in [0.4, 0.5) is 9.59 Å². The topological polar surface area (TPSA) is 69.7 Å². The van der Waals surface area contributed by atoms with E-state index in [-0.39, 0.29) is 18.5 Å². The number of nitrogens with one attached hydrogen (secondary N) is 1. The van der Waals surface area contributed by atoms with Gasteiger partial charge in [-0.05, 0) is 13.8 Å². The molecule has 0 unspecified atom stereocenters. The van der Waals surface area contributed by atoms with Crippen LogP contribution in [0, 0.1) is 0 Å². The molecular formula is C8H13N3O3. The van der Waals surface area contributed by atoms with E-state index in [9.17, 15) is 14.4 Å². The molecule has 1 N–H and O–H groups in total. The fourth-order valence-electron chi connectivity index (χ4n) is 1.08. The molecule has 1 aliphatic rings. The van der Waals surface area contributed by atoms with Crippen LogP contribution in [0.1, 0.15) is 13.8 Å². The van der Waals surface area contributed by atoms with Gasteiger partial charge in [0.2, 0.25) is 0 Å². The number of likely N-dealkylation sites (N-methyl/N-ethyl adjacent to an activating group) is 1. The Bertz CT molecular complexity index is 288. The van der Waals surface area contributed by atoms with Gasteiger partial charge in [0.25, 0.3) is 5.91 Å². The lowest BCUT2D eigenvalue weighted by Gasteiger charge is -2.15. The molecule has 0 aromatic rings. The molecule has 0 aliphatic carbocycles. The molecule has 0 bridgehead atoms. The maximum atomic E-state index is 11.4. The van der Waals surface area contributed by atoms with Crippen molar-refractivity contribution in [1.82, 2.24) is 15.1 Å². The maximum Gasteiger partial charge on any atom is 0.335 e. The van der Waals surface area contributed by atoms with Crippen molar-refractivity contribution in [3.63, 3.8) is 0 Å². The highest BCUT2D eigenvalue weighted by Gasteiger charge is 2.37. The fraction of sp³-hybridized carbons (Fsp3) is 0.625. The van der Waals surface area contributed by atoms with Gasteiger partial charge >= 0.3 is 12.1 Å². The molecule has 6 heteroatoms. The third kappa shape index (κ3) is 1.84. The van der Waals surface area contributed by atoms with Gasteiger partial charge in [-0.25, -0.2) is 14.5 Å². The van der Waals surface area contributed by atoms with E-state index >= 15 is 0 Å². The average molecular weight is 199 g/mol. The van der Waals surface area contributed by atoms with Gasteiger partial charge in [-0.15, -0.1) is 0 Å². The lowest BCUT2D eigenvalue weighted by atomic mass is 10.4. The third-order valence-electron chi connectivity index (χ3n) is 1.84. The second-order valence-corrected chi connectivity index (χ2v) is 3.43. The van der Waals surface area contributed by atoms with Crippen LogP contribution >= 0.6 is 0 Å². The first-order valence-corrected chi connectivity index (χ1v) is 4.32. The quantitative estimate of drug-likeness (QED) is 0.604. The van der Waals surface area contributed by atoms with Crippen molar-refractivity contribution >= 4 is 18.0 Å². The van der Waals surface area contributed by atoms with Crippen LogP contribution in [0.25, 0.3) is 0 Å². The largest absolute Gasteiger partial charge is 0.335 e. The number of amides is 5. The number of urea groups is 2. The number of rotatable bonds is 1. The summed E-state index contributed by atoms with van der Waals surface area (Å²) in [6.45, 7) is 3.39. The molecule has 14 heavy (non-hydrogen) atoms. The Morgan fingerprint density at radius 2 is 2.00 bits per heavy atom. The summed E-state index contributed by atoms with van der Waals surface area (Å²) in [7, 11) is 1.35. The Kier molecular flexibility index (Phi) is 2.73. The minimum atomic E-state index is -0.576. The van der Waals surface area contributed by atoms with Gasteiger partial charge in [0.05, 0.1) is 0 Å². The van der Waals surface area contributed by atoms with Crippen LogP contribution in [0.5, 0.6) is 0 Å². The lowest BCUT2D eigenvalue weighted by molar-refractivity contribution is -0.124. The molecule has 1 aliphatic heterocycles. The minimum Gasteiger partial charge on any atom is -0.335 e. The molecule has 0 atom stereocenters. The van der Waals surface area contributed by atoms with Crippen LogP contribution in [-0.4, -0.2) is 47.4 Å². The highest BCUT2D eigenvalue weighted by molar-refractivity contribution is 6.09. The third-order valence-corrected chi connectivity index (χ3v) is 1.84. The van der Waals surface area contributed by atoms with E-state index in [0.717, 1.165) is 9.80 Å². The molecular weight excluding hydrogens is 186 g/mol. The average Bonchev–Trinajstić information content (AvgIpc) is 2.32. The highest BCUT2D eigenvalue weighted by atomic mass is 16.2. The Balaban J connectivity index is 2.67. The molecule has 0 aromatic carbocycles. The normalized spacial score (nSPS) is 16.9. The van der Waals surface area contributed by atoms with Gasteiger partial charge in [-0.3, -0.25) is 9.69 Å². The molecule has 1 rings (SSSR count). The Hall–Kier alpha value is -1.59. The van der Waals surface area contributed by atoms with Crippen molar-refractivity contribution in [2.24, 2.45) is 0 Å². The van der Waals surface area contributed by atoms with E-state index in [4.69, 9.17) is 0 Å². The van der Waals surface area contributed by atoms with Crippen LogP contribution in [0.2, 0.25) is 0 Å². The van der Waals surface area contributed by atoms with Gasteiger partial charge in [0.1, 0.15) is 6.54 Å². The monoisotopic (exact) mass is 199 g/mol. The van der Waals surface area contributed by atoms with E-state index in [1.165, 1.54) is 7.05 Å². The summed E-state index contributed by atoms with van der Waals surface area (Å²) >= 11 is 0. The predicted octanol–water partition coefficient (Wildman–Crippen LogP) is -0.00160. The molecule has 0 aromatic heterocycles. The summed E-state index contributed by atoms with van der Waals surface area (Å²) in [5.41, 5.74) is 0. The zero-order valence-corrected chi connectivity index (χ0v) is 8.40. The van der Waals surface area contributed by atoms with Crippen LogP contribution in [0.15, 0.2) is 0 Å². The van der Waals surface area contributed by atoms with Crippen molar-refractivity contribution in [3.8, 4) is 0 Å². The van der Waals surface area contributed by atoms with E-state index < -0.39 is 12.1 Å². The second kappa shape index (κ2) is 3.65. The lowest BCUT2D eigenvalue weighted by Crippen LogP contribution is -2.44. The summed E-state index contributed by atoms with van der Waals surface area (Å²) in [6, 6.07) is -1.16. The number of carbonyl (C=O) groups excluding carboxylic acids is 3. The maximum absolute atomic E-state index is 11.4. The molecule has 0 radical (unpaired) electrons. The summed E-state index contributed by atoms with van der Waals surface area (Å²) in [6.07, 6.45) is 0. The van der Waals surface area contributed by atoms with E-state index in [1.54, 1.807) is 13.8 Å². The van der Waals surface area contributed by atoms with Crippen LogP contribution < -0.4 is 5.32 Å². The molecule has 6 nitrogen and oxygen atoms in total. The molecule has 0 saturated carbocycles. The second-order valence-electron chi connectivity index (χ2n) is 3.43. The Morgan fingerprint density at radius 1 is 1.43 bits per heavy atom. The smallest absolute Gasteiger partial charge is 0.335 e. The van der Waals surface area contributed by atoms with Gasteiger partial charge in [0.15, 0.2) is 0 Å². The predicted molar refractivity (Wildman–Crippen MR) is 48.5 cm³/mol. The Morgan fingerprint density at radius 3 is 2.36 bits per heavy atom. The first kappa shape index (κ1) is 10.5. The van der Waals surface area contributed by atoms with Gasteiger partial charge in [-0.1, -0.05) is 0 Å². The minimum absolute atomic E-state index is 0.0590. The van der Waals surface area contributed by atoms with Crippen LogP contribution in [-0.2, 0) is 4.79 Å². The molecule has 0 spiro atoms. The molecule has 78 valence electrons. The van der Waals surface area contributed by atoms with E-state index in [1.807, 2.05) is 0 Å². The Labute approximate surface area is 81.8 Å². The van der Waals surface area contributed by atoms with Crippen molar-refractivity contribution in [2.45, 2.75) is 19.9 Å². The van der Waals surface area contributed by atoms with E-state index in [0.29, 0.717) is 0 Å². The molecule has 1 fully saturated rings. The number of hydrogen-bond acceptors (Lipinski definition) is 3. The van der Waals surface area contributed by atoms with E-state index in [2.05, 4.69) is 5.32 Å². The SMILES string of the molecule is CC(C)NC(=O)N1CC(=O)N(C)C1=O. The van der Waals surface area contributed by atoms with Crippen molar-refractivity contribution in [1.29, 1.82) is 0 Å². The number of nitrogens with zero attached hydrogens (tertiary/aromatic N) is 2. The standard InChI is InChI=1S/C8H13N3O3/c1-5(2)9-7(13)11-4-6(12)10(3)8(11)14/h5H,4H2,1-3H3,(H,9,13). The summed E-state index contributed by atoms with van der Waals surface area (Å²) in [4.78, 5) is 35.6. The fourth-order valence-corrected chi connectivity index (χ4v) is 1.08. The summed E-state index contributed by atoms with van der Waals surface area (Å²) in [5, 5.41) is 2.54. The molecule has 1 saturated heterocycles. The van der Waals surface area contributed by atoms with Gasteiger partial charge in [-0.2, -0.15) is 0 Å². The zero-order chi connectivity index (χ0) is 10.9. The number of carbonyl (C=O) groups is 3.